The summed E-state index contributed by atoms with van der Waals surface area (Å²) in [5.74, 6) is -0.462. The van der Waals surface area contributed by atoms with Gasteiger partial charge in [-0.2, -0.15) is 0 Å². The van der Waals surface area contributed by atoms with Crippen molar-refractivity contribution >= 4 is 44.2 Å². The molecule has 0 unspecified atom stereocenters. The van der Waals surface area contributed by atoms with E-state index in [0.29, 0.717) is 42.2 Å². The number of methoxy groups -OCH3 is 1. The Balaban J connectivity index is 1.24. The number of likely N-dealkylation sites (tertiary alicyclic amines) is 1. The van der Waals surface area contributed by atoms with Crippen LogP contribution in [0.15, 0.2) is 43.1 Å². The second kappa shape index (κ2) is 16.8. The Labute approximate surface area is 337 Å². The molecule has 2 aromatic rings. The fourth-order valence-corrected chi connectivity index (χ4v) is 10.4. The molecule has 0 bridgehead atoms. The van der Waals surface area contributed by atoms with Crippen molar-refractivity contribution in [2.24, 2.45) is 40.4 Å². The van der Waals surface area contributed by atoms with Crippen LogP contribution in [-0.2, 0) is 33.9 Å². The van der Waals surface area contributed by atoms with Crippen molar-refractivity contribution in [3.05, 3.63) is 43.1 Å². The van der Waals surface area contributed by atoms with Gasteiger partial charge in [-0.05, 0) is 90.8 Å². The molecule has 3 saturated carbocycles. The predicted octanol–water partition coefficient (Wildman–Crippen LogP) is 6.45. The fourth-order valence-electron chi connectivity index (χ4n) is 9.00. The van der Waals surface area contributed by atoms with Crippen LogP contribution in [-0.4, -0.2) is 85.4 Å². The van der Waals surface area contributed by atoms with Crippen LogP contribution in [0.5, 0.6) is 11.6 Å². The van der Waals surface area contributed by atoms with Crippen LogP contribution < -0.4 is 14.2 Å². The highest BCUT2D eigenvalue weighted by molar-refractivity contribution is 7.90. The Kier molecular flexibility index (Phi) is 12.6. The number of hydrogen-bond acceptors (Lipinski definition) is 10. The van der Waals surface area contributed by atoms with E-state index < -0.39 is 56.0 Å². The number of ketones is 2. The highest BCUT2D eigenvalue weighted by Crippen LogP contribution is 2.57. The summed E-state index contributed by atoms with van der Waals surface area (Å²) in [5.41, 5.74) is -1.94. The summed E-state index contributed by atoms with van der Waals surface area (Å²) < 4.78 is 46.0. The minimum absolute atomic E-state index is 0.0191. The average Bonchev–Trinajstić information content (AvgIpc) is 4.08. The molecule has 4 fully saturated rings. The van der Waals surface area contributed by atoms with E-state index in [4.69, 9.17) is 14.2 Å². The second-order valence-electron chi connectivity index (χ2n) is 18.5. The van der Waals surface area contributed by atoms with E-state index >= 15 is 0 Å². The molecule has 2 heterocycles. The number of sulfonamides is 1. The summed E-state index contributed by atoms with van der Waals surface area (Å²) in [6, 6.07) is 6.37. The maximum atomic E-state index is 14.8. The van der Waals surface area contributed by atoms with Crippen LogP contribution >= 0.6 is 0 Å². The first kappa shape index (κ1) is 42.8. The van der Waals surface area contributed by atoms with Gasteiger partial charge >= 0.3 is 0 Å². The zero-order chi connectivity index (χ0) is 41.4. The van der Waals surface area contributed by atoms with Gasteiger partial charge in [-0.3, -0.25) is 23.9 Å². The van der Waals surface area contributed by atoms with Crippen LogP contribution in [0.3, 0.4) is 0 Å². The molecule has 6 rings (SSSR count). The van der Waals surface area contributed by atoms with Gasteiger partial charge in [0, 0.05) is 36.8 Å². The van der Waals surface area contributed by atoms with E-state index in [2.05, 4.69) is 37.1 Å². The van der Waals surface area contributed by atoms with Crippen LogP contribution in [0.25, 0.3) is 10.8 Å². The molecule has 57 heavy (non-hydrogen) atoms. The van der Waals surface area contributed by atoms with Gasteiger partial charge in [0.2, 0.25) is 27.7 Å². The number of allylic oxidation sites excluding steroid dienone is 1. The number of aromatic nitrogens is 1. The van der Waals surface area contributed by atoms with Gasteiger partial charge < -0.3 is 19.1 Å². The highest BCUT2D eigenvalue weighted by Gasteiger charge is 2.61. The van der Waals surface area contributed by atoms with Crippen molar-refractivity contribution in [3.8, 4) is 11.6 Å². The number of carbonyl (C=O) groups excluding carboxylic acids is 4. The number of hydrogen-bond donors (Lipinski definition) is 1. The molecule has 13 heteroatoms. The van der Waals surface area contributed by atoms with Gasteiger partial charge in [-0.25, -0.2) is 13.4 Å². The number of fused-ring (bicyclic) bond motifs is 1. The molecule has 0 spiro atoms. The van der Waals surface area contributed by atoms with Crippen molar-refractivity contribution < 1.29 is 41.8 Å². The van der Waals surface area contributed by atoms with E-state index in [1.165, 1.54) is 4.90 Å². The van der Waals surface area contributed by atoms with E-state index in [0.717, 1.165) is 30.0 Å². The number of carbonyl (C=O) groups is 4. The SMILES string of the molecule is C=C[C@@H]1C[C@]1(CC(=O)[C@@H]1C[C@@H](Oc2nccc3cc(OC)ccc23)CN1C(=O)[C@@H](CC(=O)CO[C@H]1C[C@@H](C)CC[C@@H]1C(C)C)C(C)(C)C)C(=O)NS(=O)(=O)C1CC1. The fraction of sp³-hybridized carbons (Fsp3) is 0.659. The monoisotopic (exact) mass is 807 g/mol. The minimum Gasteiger partial charge on any atom is -0.497 e. The topological polar surface area (TPSA) is 158 Å². The number of ether oxygens (including phenoxy) is 3. The number of nitrogens with zero attached hydrogens (tertiary/aromatic N) is 2. The van der Waals surface area contributed by atoms with Crippen LogP contribution in [0.1, 0.15) is 99.3 Å². The van der Waals surface area contributed by atoms with Gasteiger partial charge in [0.1, 0.15) is 18.5 Å². The number of Topliss-reactive ketones (excluding diaryl/α,β-unsaturated/α-hetero) is 2. The number of nitrogens with one attached hydrogen (secondary N) is 1. The molecule has 1 aromatic carbocycles. The third kappa shape index (κ3) is 9.56. The first-order valence-corrected chi connectivity index (χ1v) is 22.2. The van der Waals surface area contributed by atoms with E-state index in [1.54, 1.807) is 25.4 Å². The van der Waals surface area contributed by atoms with Crippen molar-refractivity contribution in [1.82, 2.24) is 14.6 Å². The molecule has 1 aliphatic heterocycles. The lowest BCUT2D eigenvalue weighted by Gasteiger charge is -2.37. The molecule has 1 aromatic heterocycles. The van der Waals surface area contributed by atoms with Gasteiger partial charge in [-0.15, -0.1) is 6.58 Å². The normalized spacial score (nSPS) is 28.2. The van der Waals surface area contributed by atoms with Crippen molar-refractivity contribution in [2.45, 2.75) is 123 Å². The van der Waals surface area contributed by atoms with Gasteiger partial charge in [0.25, 0.3) is 0 Å². The van der Waals surface area contributed by atoms with Gasteiger partial charge in [0.05, 0.1) is 36.5 Å². The molecule has 1 saturated heterocycles. The molecule has 0 radical (unpaired) electrons. The molecule has 3 aliphatic carbocycles. The Morgan fingerprint density at radius 3 is 2.46 bits per heavy atom. The number of rotatable bonds is 17. The second-order valence-corrected chi connectivity index (χ2v) is 20.5. The van der Waals surface area contributed by atoms with E-state index in [-0.39, 0.29) is 62.4 Å². The number of amides is 2. The summed E-state index contributed by atoms with van der Waals surface area (Å²) in [6.07, 6.45) is 6.69. The van der Waals surface area contributed by atoms with Crippen molar-refractivity contribution in [1.29, 1.82) is 0 Å². The Bertz CT molecular complexity index is 1970. The lowest BCUT2D eigenvalue weighted by atomic mass is 9.75. The van der Waals surface area contributed by atoms with Crippen LogP contribution in [0.2, 0.25) is 0 Å². The minimum atomic E-state index is -3.85. The smallest absolute Gasteiger partial charge is 0.240 e. The average molecular weight is 808 g/mol. The highest BCUT2D eigenvalue weighted by atomic mass is 32.2. The largest absolute Gasteiger partial charge is 0.497 e. The summed E-state index contributed by atoms with van der Waals surface area (Å²) in [4.78, 5) is 62.7. The maximum absolute atomic E-state index is 14.8. The zero-order valence-corrected chi connectivity index (χ0v) is 35.4. The predicted molar refractivity (Wildman–Crippen MR) is 217 cm³/mol. The molecule has 4 aliphatic rings. The summed E-state index contributed by atoms with van der Waals surface area (Å²) in [5, 5.41) is 0.965. The summed E-state index contributed by atoms with van der Waals surface area (Å²) >= 11 is 0. The third-order valence-electron chi connectivity index (χ3n) is 12.9. The lowest BCUT2D eigenvalue weighted by molar-refractivity contribution is -0.147. The van der Waals surface area contributed by atoms with Crippen LogP contribution in [0, 0.1) is 40.4 Å². The van der Waals surface area contributed by atoms with E-state index in [9.17, 15) is 27.6 Å². The first-order chi connectivity index (χ1) is 26.9. The first-order valence-electron chi connectivity index (χ1n) is 20.6. The summed E-state index contributed by atoms with van der Waals surface area (Å²) in [6.45, 7) is 16.1. The zero-order valence-electron chi connectivity index (χ0n) is 34.6. The summed E-state index contributed by atoms with van der Waals surface area (Å²) in [7, 11) is -2.27. The number of benzene rings is 1. The molecular weight excluding hydrogens is 747 g/mol. The standard InChI is InChI=1S/C44H61N3O9S/c1-9-29-22-44(29,42(51)46-57(52,53)33-12-13-33)23-38(49)37-21-32(56-40-35-15-11-31(54-8)19-28(35)16-17-45-40)24-47(37)41(50)36(43(5,6)7)20-30(48)25-55-39-18-27(4)10-14-34(39)26(2)3/h9,11,15-17,19,26-27,29,32-34,36-37,39H,1,10,12-14,18,20-25H2,2-8H3,(H,46,51)/t27-,29+,32+,34+,36+,37-,39-,44+/m0/s1. The van der Waals surface area contributed by atoms with Gasteiger partial charge in [-0.1, -0.05) is 54.0 Å². The quantitative estimate of drug-likeness (QED) is 0.176. The molecular formula is C44H61N3O9S. The molecule has 8 atom stereocenters. The lowest BCUT2D eigenvalue weighted by Crippen LogP contribution is -2.48. The number of pyridine rings is 1. The van der Waals surface area contributed by atoms with Crippen LogP contribution in [0.4, 0.5) is 0 Å². The van der Waals surface area contributed by atoms with Crippen molar-refractivity contribution in [3.63, 3.8) is 0 Å². The van der Waals surface area contributed by atoms with Gasteiger partial charge in [0.15, 0.2) is 11.6 Å². The van der Waals surface area contributed by atoms with E-state index in [1.807, 2.05) is 39.0 Å². The van der Waals surface area contributed by atoms with Crippen molar-refractivity contribution in [2.75, 3.05) is 20.3 Å². The Morgan fingerprint density at radius 1 is 1.09 bits per heavy atom. The molecule has 1 N–H and O–H groups in total. The molecule has 12 nitrogen and oxygen atoms in total. The Morgan fingerprint density at radius 2 is 1.82 bits per heavy atom. The molecule has 312 valence electrons. The molecule has 2 amide bonds. The Hall–Kier alpha value is -3.84. The third-order valence-corrected chi connectivity index (χ3v) is 14.7. The maximum Gasteiger partial charge on any atom is 0.240 e.